The molecule has 0 spiro atoms. The van der Waals surface area contributed by atoms with Crippen molar-refractivity contribution in [2.24, 2.45) is 5.92 Å². The Hall–Kier alpha value is -5.58. The summed E-state index contributed by atoms with van der Waals surface area (Å²) in [5.41, 5.74) is 5.77. The van der Waals surface area contributed by atoms with E-state index in [-0.39, 0.29) is 60.8 Å². The maximum atomic E-state index is 16.8. The molecule has 3 atom stereocenters. The van der Waals surface area contributed by atoms with E-state index in [4.69, 9.17) is 38.8 Å². The lowest BCUT2D eigenvalue weighted by molar-refractivity contribution is -0.136. The largest absolute Gasteiger partial charge is 0.486 e. The van der Waals surface area contributed by atoms with Crippen LogP contribution in [0.5, 0.6) is 11.8 Å². The number of carbonyl (C=O) groups is 2. The Bertz CT molecular complexity index is 2830. The van der Waals surface area contributed by atoms with Gasteiger partial charge in [0.2, 0.25) is 5.91 Å². The first-order valence-electron chi connectivity index (χ1n) is 26.3. The Kier molecular flexibility index (Phi) is 12.3. The Balaban J connectivity index is 0.961. The van der Waals surface area contributed by atoms with Crippen molar-refractivity contribution in [2.75, 3.05) is 64.0 Å². The Morgan fingerprint density at radius 2 is 1.69 bits per heavy atom. The number of ether oxygens (including phenoxy) is 5. The number of benzene rings is 3. The molecular formula is C55H67FN8O7. The standard InChI is InChI=1S/C55H67FN8O7/c1-33-44(56)25-45-43(26-57-64(45)47-7-5-6-20-68-47)48(33)49-41(37-14-15-37)24-42-50(51(49)69-32-36-12-10-35(11-13-36)28-61-19-18-60(31-46(61)65)27-34-8-9-34)58-53(70-40-16-21-67-22-17-40)59-52(42)62-29-39-23-38(62)30-63(39)54(66)71-55(2,3)4/h10-13,24-26,34,37-40,47H,5-9,14-23,27-32H2,1-4H3/t38-,39-,47?/m0/s1. The van der Waals surface area contributed by atoms with E-state index in [0.717, 1.165) is 108 Å². The lowest BCUT2D eigenvalue weighted by Crippen LogP contribution is -2.50. The number of hydrogen-bond donors (Lipinski definition) is 0. The van der Waals surface area contributed by atoms with Crippen LogP contribution in [0.2, 0.25) is 0 Å². The molecule has 12 rings (SSSR count). The minimum atomic E-state index is -0.605. The average Bonchev–Trinajstić information content (AvgIpc) is 4.26. The van der Waals surface area contributed by atoms with E-state index >= 15 is 4.39 Å². The van der Waals surface area contributed by atoms with Crippen LogP contribution in [0.3, 0.4) is 0 Å². The van der Waals surface area contributed by atoms with E-state index in [1.165, 1.54) is 12.8 Å². The summed E-state index contributed by atoms with van der Waals surface area (Å²) in [5.74, 6) is 2.09. The molecule has 376 valence electrons. The second kappa shape index (κ2) is 18.8. The molecule has 15 nitrogen and oxygen atoms in total. The lowest BCUT2D eigenvalue weighted by atomic mass is 9.88. The van der Waals surface area contributed by atoms with Crippen LogP contribution in [0, 0.1) is 18.7 Å². The maximum Gasteiger partial charge on any atom is 0.410 e. The van der Waals surface area contributed by atoms with Crippen LogP contribution in [-0.2, 0) is 32.2 Å². The van der Waals surface area contributed by atoms with Crippen molar-refractivity contribution in [3.05, 3.63) is 70.7 Å². The Morgan fingerprint density at radius 1 is 0.887 bits per heavy atom. The molecule has 16 heteroatoms. The fourth-order valence-corrected chi connectivity index (χ4v) is 11.6. The van der Waals surface area contributed by atoms with Gasteiger partial charge in [-0.15, -0.1) is 0 Å². The number of likely N-dealkylation sites (tertiary alicyclic amines) is 1. The molecule has 7 aliphatic rings. The van der Waals surface area contributed by atoms with Gasteiger partial charge in [0.25, 0.3) is 0 Å². The fraction of sp³-hybridized carbons (Fsp3) is 0.582. The number of carbonyl (C=O) groups excluding carboxylic acids is 2. The highest BCUT2D eigenvalue weighted by molar-refractivity contribution is 6.06. The van der Waals surface area contributed by atoms with Gasteiger partial charge < -0.3 is 38.4 Å². The highest BCUT2D eigenvalue weighted by atomic mass is 19.1. The maximum absolute atomic E-state index is 16.8. The van der Waals surface area contributed by atoms with Gasteiger partial charge >= 0.3 is 12.1 Å². The van der Waals surface area contributed by atoms with Gasteiger partial charge in [0, 0.05) is 86.7 Å². The van der Waals surface area contributed by atoms with Crippen molar-refractivity contribution < 1.29 is 37.7 Å². The second-order valence-corrected chi connectivity index (χ2v) is 22.2. The molecule has 2 aromatic heterocycles. The zero-order valence-corrected chi connectivity index (χ0v) is 41.7. The molecule has 5 aliphatic heterocycles. The third-order valence-electron chi connectivity index (χ3n) is 15.7. The zero-order chi connectivity index (χ0) is 48.5. The van der Waals surface area contributed by atoms with Gasteiger partial charge in [0.15, 0.2) is 12.0 Å². The number of anilines is 1. The van der Waals surface area contributed by atoms with Crippen molar-refractivity contribution in [3.63, 3.8) is 0 Å². The average molecular weight is 971 g/mol. The monoisotopic (exact) mass is 971 g/mol. The van der Waals surface area contributed by atoms with Crippen LogP contribution in [0.15, 0.2) is 42.6 Å². The predicted octanol–water partition coefficient (Wildman–Crippen LogP) is 9.06. The summed E-state index contributed by atoms with van der Waals surface area (Å²) in [6.45, 7) is 14.4. The molecule has 5 aromatic rings. The summed E-state index contributed by atoms with van der Waals surface area (Å²) in [6.07, 6.45) is 10.7. The molecule has 0 radical (unpaired) electrons. The molecule has 5 saturated heterocycles. The number of nitrogens with zero attached hydrogens (tertiary/aromatic N) is 8. The first kappa shape index (κ1) is 46.5. The lowest BCUT2D eigenvalue weighted by Gasteiger charge is -2.36. The van der Waals surface area contributed by atoms with Crippen LogP contribution in [0.4, 0.5) is 15.0 Å². The topological polar surface area (TPSA) is 137 Å². The summed E-state index contributed by atoms with van der Waals surface area (Å²) in [5, 5.41) is 6.55. The number of aromatic nitrogens is 4. The van der Waals surface area contributed by atoms with E-state index in [0.29, 0.717) is 81.2 Å². The van der Waals surface area contributed by atoms with Crippen LogP contribution >= 0.6 is 0 Å². The minimum absolute atomic E-state index is 0.00618. The van der Waals surface area contributed by atoms with E-state index in [2.05, 4.69) is 40.1 Å². The van der Waals surface area contributed by atoms with E-state index in [1.54, 1.807) is 6.07 Å². The third kappa shape index (κ3) is 9.51. The minimum Gasteiger partial charge on any atom is -0.486 e. The van der Waals surface area contributed by atoms with E-state index < -0.39 is 5.60 Å². The number of amides is 2. The van der Waals surface area contributed by atoms with Crippen LogP contribution in [-0.4, -0.2) is 129 Å². The van der Waals surface area contributed by atoms with Crippen LogP contribution in [0.25, 0.3) is 32.9 Å². The summed E-state index contributed by atoms with van der Waals surface area (Å²) in [6, 6.07) is 12.4. The van der Waals surface area contributed by atoms with Gasteiger partial charge in [-0.2, -0.15) is 15.1 Å². The van der Waals surface area contributed by atoms with Gasteiger partial charge in [-0.1, -0.05) is 24.3 Å². The quantitative estimate of drug-likeness (QED) is 0.111. The van der Waals surface area contributed by atoms with E-state index in [1.807, 2.05) is 48.4 Å². The molecule has 2 bridgehead atoms. The summed E-state index contributed by atoms with van der Waals surface area (Å²) >= 11 is 0. The number of piperazine rings is 2. The number of fused-ring (bicyclic) bond motifs is 4. The summed E-state index contributed by atoms with van der Waals surface area (Å²) in [7, 11) is 0. The fourth-order valence-electron chi connectivity index (χ4n) is 11.6. The smallest absolute Gasteiger partial charge is 0.410 e. The predicted molar refractivity (Wildman–Crippen MR) is 266 cm³/mol. The Morgan fingerprint density at radius 3 is 2.39 bits per heavy atom. The third-order valence-corrected chi connectivity index (χ3v) is 15.7. The van der Waals surface area contributed by atoms with Gasteiger partial charge in [0.05, 0.1) is 43.6 Å². The van der Waals surface area contributed by atoms with Crippen molar-refractivity contribution >= 4 is 39.6 Å². The number of hydrogen-bond acceptors (Lipinski definition) is 12. The molecule has 3 aromatic carbocycles. The molecule has 1 unspecified atom stereocenters. The molecular weight excluding hydrogens is 904 g/mol. The first-order chi connectivity index (χ1) is 34.4. The molecule has 7 fully saturated rings. The zero-order valence-electron chi connectivity index (χ0n) is 41.7. The van der Waals surface area contributed by atoms with Gasteiger partial charge in [-0.3, -0.25) is 9.69 Å². The second-order valence-electron chi connectivity index (χ2n) is 22.2. The first-order valence-corrected chi connectivity index (χ1v) is 26.3. The van der Waals surface area contributed by atoms with Gasteiger partial charge in [-0.05, 0) is 119 Å². The summed E-state index contributed by atoms with van der Waals surface area (Å²) in [4.78, 5) is 45.7. The van der Waals surface area contributed by atoms with Crippen molar-refractivity contribution in [1.82, 2.24) is 34.4 Å². The number of halogens is 1. The molecule has 7 heterocycles. The van der Waals surface area contributed by atoms with E-state index in [9.17, 15) is 9.59 Å². The van der Waals surface area contributed by atoms with Crippen LogP contribution < -0.4 is 14.4 Å². The molecule has 0 N–H and O–H groups in total. The molecule has 2 aliphatic carbocycles. The highest BCUT2D eigenvalue weighted by Crippen LogP contribution is 2.54. The molecule has 71 heavy (non-hydrogen) atoms. The molecule has 2 amide bonds. The Labute approximate surface area is 414 Å². The molecule has 2 saturated carbocycles. The van der Waals surface area contributed by atoms with Crippen molar-refractivity contribution in [1.29, 1.82) is 0 Å². The van der Waals surface area contributed by atoms with Crippen LogP contribution in [0.1, 0.15) is 119 Å². The normalized spacial score (nSPS) is 23.4. The summed E-state index contributed by atoms with van der Waals surface area (Å²) < 4.78 is 50.4. The SMILES string of the molecule is Cc1c(F)cc2c(cnn2C2CCCCO2)c1-c1c(C2CC2)cc2c(N3C[C@@H]4C[C@H]3CN4C(=O)OC(C)(C)C)nc(OC3CCOCC3)nc2c1OCc1ccc(CN2CCN(CC3CC3)CC2=O)cc1. The highest BCUT2D eigenvalue weighted by Gasteiger charge is 2.48. The van der Waals surface area contributed by atoms with Gasteiger partial charge in [0.1, 0.15) is 35.5 Å². The van der Waals surface area contributed by atoms with Crippen molar-refractivity contribution in [2.45, 2.75) is 141 Å². The van der Waals surface area contributed by atoms with Crippen molar-refractivity contribution in [3.8, 4) is 22.9 Å². The van der Waals surface area contributed by atoms with Gasteiger partial charge in [-0.25, -0.2) is 13.9 Å². The number of rotatable bonds is 13.